The number of halogens is 1. The zero-order valence-electron chi connectivity index (χ0n) is 15.6. The number of hydrogen-bond acceptors (Lipinski definition) is 4. The van der Waals surface area contributed by atoms with Crippen LogP contribution in [0.2, 0.25) is 0 Å². The van der Waals surface area contributed by atoms with Gasteiger partial charge in [0.25, 0.3) is 0 Å². The second kappa shape index (κ2) is 11.1. The average molecular weight is 392 g/mol. The topological polar surface area (TPSA) is 84.7 Å². The van der Waals surface area contributed by atoms with Crippen LogP contribution in [0, 0.1) is 0 Å². The van der Waals surface area contributed by atoms with Crippen LogP contribution in [0.4, 0.5) is 11.4 Å². The number of anilines is 2. The Morgan fingerprint density at radius 2 is 1.78 bits per heavy atom. The van der Waals surface area contributed by atoms with Crippen molar-refractivity contribution in [2.24, 2.45) is 0 Å². The van der Waals surface area contributed by atoms with E-state index < -0.39 is 0 Å². The number of carbonyl (C=O) groups is 2. The molecule has 0 unspecified atom stereocenters. The first-order chi connectivity index (χ1) is 12.5. The molecule has 146 valence electrons. The molecule has 2 rings (SSSR count). The average Bonchev–Trinajstić information content (AvgIpc) is 2.63. The van der Waals surface area contributed by atoms with Crippen molar-refractivity contribution in [1.82, 2.24) is 4.90 Å². The summed E-state index contributed by atoms with van der Waals surface area (Å²) < 4.78 is 5.23. The number of para-hydroxylation sites is 2. The highest BCUT2D eigenvalue weighted by Crippen LogP contribution is 2.22. The molecule has 7 heteroatoms. The molecule has 0 aliphatic rings. The summed E-state index contributed by atoms with van der Waals surface area (Å²) >= 11 is 0. The number of methoxy groups -OCH3 is 1. The van der Waals surface area contributed by atoms with Gasteiger partial charge in [-0.3, -0.25) is 9.59 Å². The molecule has 0 aliphatic carbocycles. The van der Waals surface area contributed by atoms with E-state index in [-0.39, 0.29) is 37.2 Å². The molecule has 0 heterocycles. The molecule has 0 saturated carbocycles. The van der Waals surface area contributed by atoms with E-state index >= 15 is 0 Å². The van der Waals surface area contributed by atoms with Crippen LogP contribution >= 0.6 is 12.4 Å². The fraction of sp³-hybridized carbons (Fsp3) is 0.300. The number of nitrogen functional groups attached to an aromatic ring is 1. The van der Waals surface area contributed by atoms with Gasteiger partial charge in [-0.05, 0) is 36.2 Å². The molecule has 0 bridgehead atoms. The van der Waals surface area contributed by atoms with Gasteiger partial charge in [0.2, 0.25) is 11.8 Å². The van der Waals surface area contributed by atoms with Crippen LogP contribution in [-0.4, -0.2) is 36.9 Å². The molecule has 27 heavy (non-hydrogen) atoms. The molecule has 0 radical (unpaired) electrons. The molecule has 0 aliphatic heterocycles. The Bertz CT molecular complexity index is 750. The van der Waals surface area contributed by atoms with Crippen LogP contribution in [0.15, 0.2) is 48.5 Å². The van der Waals surface area contributed by atoms with Crippen LogP contribution in [-0.2, 0) is 16.0 Å². The maximum atomic E-state index is 12.6. The number of carbonyl (C=O) groups excluding carboxylic acids is 2. The van der Waals surface area contributed by atoms with Gasteiger partial charge in [0.1, 0.15) is 5.75 Å². The van der Waals surface area contributed by atoms with Gasteiger partial charge in [-0.2, -0.15) is 0 Å². The largest absolute Gasteiger partial charge is 0.495 e. The van der Waals surface area contributed by atoms with Gasteiger partial charge in [0.15, 0.2) is 0 Å². The van der Waals surface area contributed by atoms with Crippen molar-refractivity contribution < 1.29 is 14.3 Å². The Kier molecular flexibility index (Phi) is 9.16. The lowest BCUT2D eigenvalue weighted by molar-refractivity contribution is -0.134. The molecule has 2 amide bonds. The summed E-state index contributed by atoms with van der Waals surface area (Å²) in [6, 6.07) is 14.4. The number of amides is 2. The standard InChI is InChI=1S/C20H25N3O3.ClH/c1-3-12-23(20(25)13-15-8-10-16(21)11-9-15)14-19(24)22-17-6-4-5-7-18(17)26-2;/h4-11H,3,12-14,21H2,1-2H3,(H,22,24);1H. The molecule has 0 saturated heterocycles. The fourth-order valence-electron chi connectivity index (χ4n) is 2.59. The third-order valence-electron chi connectivity index (χ3n) is 3.90. The minimum absolute atomic E-state index is 0. The summed E-state index contributed by atoms with van der Waals surface area (Å²) in [6.07, 6.45) is 1.01. The van der Waals surface area contributed by atoms with Crippen LogP contribution in [0.3, 0.4) is 0 Å². The SMILES string of the molecule is CCCN(CC(=O)Nc1ccccc1OC)C(=O)Cc1ccc(N)cc1.Cl. The smallest absolute Gasteiger partial charge is 0.244 e. The first-order valence-corrected chi connectivity index (χ1v) is 8.58. The number of ether oxygens (including phenoxy) is 1. The molecule has 0 fully saturated rings. The van der Waals surface area contributed by atoms with E-state index in [0.29, 0.717) is 23.7 Å². The Labute approximate surface area is 166 Å². The van der Waals surface area contributed by atoms with Crippen molar-refractivity contribution in [2.75, 3.05) is 31.2 Å². The minimum atomic E-state index is -0.256. The van der Waals surface area contributed by atoms with Crippen molar-refractivity contribution in [3.63, 3.8) is 0 Å². The first kappa shape index (κ1) is 22.3. The van der Waals surface area contributed by atoms with Crippen molar-refractivity contribution in [3.8, 4) is 5.75 Å². The van der Waals surface area contributed by atoms with Crippen molar-refractivity contribution in [2.45, 2.75) is 19.8 Å². The second-order valence-corrected chi connectivity index (χ2v) is 5.98. The lowest BCUT2D eigenvalue weighted by atomic mass is 10.1. The molecule has 0 aromatic heterocycles. The second-order valence-electron chi connectivity index (χ2n) is 5.98. The van der Waals surface area contributed by atoms with E-state index in [2.05, 4.69) is 5.32 Å². The Balaban J connectivity index is 0.00000364. The summed E-state index contributed by atoms with van der Waals surface area (Å²) in [5.74, 6) is 0.233. The van der Waals surface area contributed by atoms with E-state index in [9.17, 15) is 9.59 Å². The summed E-state index contributed by atoms with van der Waals surface area (Å²) in [6.45, 7) is 2.49. The third kappa shape index (κ3) is 6.83. The Hall–Kier alpha value is -2.73. The fourth-order valence-corrected chi connectivity index (χ4v) is 2.59. The predicted molar refractivity (Wildman–Crippen MR) is 110 cm³/mol. The van der Waals surface area contributed by atoms with Crippen LogP contribution in [0.5, 0.6) is 5.75 Å². The van der Waals surface area contributed by atoms with E-state index in [1.165, 1.54) is 0 Å². The molecule has 0 atom stereocenters. The van der Waals surface area contributed by atoms with Crippen molar-refractivity contribution >= 4 is 35.6 Å². The molecule has 2 aromatic rings. The summed E-state index contributed by atoms with van der Waals surface area (Å²) in [7, 11) is 1.55. The highest BCUT2D eigenvalue weighted by molar-refractivity contribution is 5.95. The number of rotatable bonds is 8. The van der Waals surface area contributed by atoms with Gasteiger partial charge in [-0.1, -0.05) is 31.2 Å². The van der Waals surface area contributed by atoms with E-state index in [1.54, 1.807) is 36.3 Å². The first-order valence-electron chi connectivity index (χ1n) is 8.58. The zero-order chi connectivity index (χ0) is 18.9. The van der Waals surface area contributed by atoms with Gasteiger partial charge in [-0.25, -0.2) is 0 Å². The predicted octanol–water partition coefficient (Wildman–Crippen LogP) is 3.12. The summed E-state index contributed by atoms with van der Waals surface area (Å²) in [4.78, 5) is 26.5. The highest BCUT2D eigenvalue weighted by atomic mass is 35.5. The highest BCUT2D eigenvalue weighted by Gasteiger charge is 2.17. The zero-order valence-corrected chi connectivity index (χ0v) is 16.4. The lowest BCUT2D eigenvalue weighted by Crippen LogP contribution is -2.39. The van der Waals surface area contributed by atoms with Gasteiger partial charge < -0.3 is 20.7 Å². The molecule has 3 N–H and O–H groups in total. The van der Waals surface area contributed by atoms with E-state index in [0.717, 1.165) is 12.0 Å². The van der Waals surface area contributed by atoms with Gasteiger partial charge in [0.05, 0.1) is 25.8 Å². The molecular weight excluding hydrogens is 366 g/mol. The number of nitrogens with two attached hydrogens (primary N) is 1. The van der Waals surface area contributed by atoms with E-state index in [1.807, 2.05) is 31.2 Å². The molecular formula is C20H26ClN3O3. The van der Waals surface area contributed by atoms with Crippen molar-refractivity contribution in [1.29, 1.82) is 0 Å². The summed E-state index contributed by atoms with van der Waals surface area (Å²) in [5.41, 5.74) is 7.78. The third-order valence-corrected chi connectivity index (χ3v) is 3.90. The van der Waals surface area contributed by atoms with E-state index in [4.69, 9.17) is 10.5 Å². The number of benzene rings is 2. The monoisotopic (exact) mass is 391 g/mol. The number of nitrogens with one attached hydrogen (secondary N) is 1. The Morgan fingerprint density at radius 3 is 2.41 bits per heavy atom. The van der Waals surface area contributed by atoms with Gasteiger partial charge in [0, 0.05) is 12.2 Å². The maximum Gasteiger partial charge on any atom is 0.244 e. The number of nitrogens with zero attached hydrogens (tertiary/aromatic N) is 1. The molecule has 6 nitrogen and oxygen atoms in total. The quantitative estimate of drug-likeness (QED) is 0.677. The Morgan fingerprint density at radius 1 is 1.11 bits per heavy atom. The molecule has 2 aromatic carbocycles. The van der Waals surface area contributed by atoms with Gasteiger partial charge >= 0.3 is 0 Å². The maximum absolute atomic E-state index is 12.6. The lowest BCUT2D eigenvalue weighted by Gasteiger charge is -2.22. The number of hydrogen-bond donors (Lipinski definition) is 2. The normalized spacial score (nSPS) is 9.85. The minimum Gasteiger partial charge on any atom is -0.495 e. The van der Waals surface area contributed by atoms with Gasteiger partial charge in [-0.15, -0.1) is 12.4 Å². The van der Waals surface area contributed by atoms with Crippen LogP contribution in [0.25, 0.3) is 0 Å². The summed E-state index contributed by atoms with van der Waals surface area (Å²) in [5, 5.41) is 2.80. The van der Waals surface area contributed by atoms with Crippen LogP contribution in [0.1, 0.15) is 18.9 Å². The molecule has 0 spiro atoms. The van der Waals surface area contributed by atoms with Crippen molar-refractivity contribution in [3.05, 3.63) is 54.1 Å². The van der Waals surface area contributed by atoms with Crippen LogP contribution < -0.4 is 15.8 Å².